The molecule has 158 valence electrons. The number of carbonyl (C=O) groups is 2. The second-order valence-electron chi connectivity index (χ2n) is 7.97. The molecule has 1 fully saturated rings. The van der Waals surface area contributed by atoms with Crippen LogP contribution in [0.5, 0.6) is 11.5 Å². The summed E-state index contributed by atoms with van der Waals surface area (Å²) >= 11 is 0. The van der Waals surface area contributed by atoms with E-state index in [1.165, 1.54) is 0 Å². The SMILES string of the molecule is CCC[C@@H]1N(C(=O)Cc2ccc(OC)cc2OC)CC[C@]12C(=O)Nc1ccccc12. The molecule has 0 aliphatic carbocycles. The molecule has 0 radical (unpaired) electrons. The first kappa shape index (κ1) is 20.3. The first-order valence-electron chi connectivity index (χ1n) is 10.5. The highest BCUT2D eigenvalue weighted by Crippen LogP contribution is 2.49. The van der Waals surface area contributed by atoms with Gasteiger partial charge in [0.25, 0.3) is 0 Å². The van der Waals surface area contributed by atoms with Crippen molar-refractivity contribution in [3.05, 3.63) is 53.6 Å². The largest absolute Gasteiger partial charge is 0.497 e. The summed E-state index contributed by atoms with van der Waals surface area (Å²) in [7, 11) is 3.19. The fourth-order valence-electron chi connectivity index (χ4n) is 5.04. The average Bonchev–Trinajstić information content (AvgIpc) is 3.28. The number of carbonyl (C=O) groups excluding carboxylic acids is 2. The smallest absolute Gasteiger partial charge is 0.237 e. The lowest BCUT2D eigenvalue weighted by Gasteiger charge is -2.34. The molecule has 2 aliphatic heterocycles. The molecule has 1 saturated heterocycles. The van der Waals surface area contributed by atoms with Crippen LogP contribution in [0.25, 0.3) is 0 Å². The lowest BCUT2D eigenvalue weighted by Crippen LogP contribution is -2.49. The van der Waals surface area contributed by atoms with E-state index in [1.807, 2.05) is 41.3 Å². The maximum absolute atomic E-state index is 13.4. The summed E-state index contributed by atoms with van der Waals surface area (Å²) in [5.41, 5.74) is 2.04. The van der Waals surface area contributed by atoms with Crippen molar-refractivity contribution in [3.63, 3.8) is 0 Å². The predicted octanol–water partition coefficient (Wildman–Crippen LogP) is 3.54. The van der Waals surface area contributed by atoms with Crippen molar-refractivity contribution in [2.45, 2.75) is 44.1 Å². The van der Waals surface area contributed by atoms with Crippen LogP contribution in [0.15, 0.2) is 42.5 Å². The number of hydrogen-bond acceptors (Lipinski definition) is 4. The topological polar surface area (TPSA) is 67.9 Å². The van der Waals surface area contributed by atoms with Crippen molar-refractivity contribution in [2.75, 3.05) is 26.1 Å². The lowest BCUT2D eigenvalue weighted by molar-refractivity contribution is -0.132. The molecule has 2 aromatic carbocycles. The molecule has 6 heteroatoms. The Morgan fingerprint density at radius 3 is 2.73 bits per heavy atom. The fraction of sp³-hybridized carbons (Fsp3) is 0.417. The Balaban J connectivity index is 1.64. The van der Waals surface area contributed by atoms with E-state index < -0.39 is 5.41 Å². The summed E-state index contributed by atoms with van der Waals surface area (Å²) < 4.78 is 10.7. The van der Waals surface area contributed by atoms with Gasteiger partial charge in [-0.2, -0.15) is 0 Å². The van der Waals surface area contributed by atoms with Crippen molar-refractivity contribution in [1.82, 2.24) is 4.90 Å². The molecule has 1 N–H and O–H groups in total. The highest BCUT2D eigenvalue weighted by atomic mass is 16.5. The Kier molecular flexibility index (Phi) is 5.41. The maximum Gasteiger partial charge on any atom is 0.237 e. The standard InChI is InChI=1S/C24H28N2O4/c1-4-7-21-24(18-8-5-6-9-19(18)25-23(24)28)12-13-26(21)22(27)14-16-10-11-17(29-2)15-20(16)30-3/h5-6,8-11,15,21H,4,7,12-14H2,1-3H3,(H,25,28)/t21-,24+/m0/s1. The minimum atomic E-state index is -0.660. The van der Waals surface area contributed by atoms with E-state index >= 15 is 0 Å². The quantitative estimate of drug-likeness (QED) is 0.794. The van der Waals surface area contributed by atoms with Crippen LogP contribution in [0.1, 0.15) is 37.3 Å². The van der Waals surface area contributed by atoms with Gasteiger partial charge in [-0.15, -0.1) is 0 Å². The van der Waals surface area contributed by atoms with E-state index in [-0.39, 0.29) is 24.3 Å². The van der Waals surface area contributed by atoms with E-state index in [1.54, 1.807) is 20.3 Å². The van der Waals surface area contributed by atoms with Crippen molar-refractivity contribution in [3.8, 4) is 11.5 Å². The van der Waals surface area contributed by atoms with Gasteiger partial charge in [0.05, 0.1) is 32.1 Å². The number of rotatable bonds is 6. The van der Waals surface area contributed by atoms with Crippen LogP contribution in [0.2, 0.25) is 0 Å². The van der Waals surface area contributed by atoms with E-state index in [0.29, 0.717) is 24.5 Å². The maximum atomic E-state index is 13.4. The molecule has 0 aromatic heterocycles. The molecule has 2 aliphatic rings. The number of benzene rings is 2. The number of para-hydroxylation sites is 1. The van der Waals surface area contributed by atoms with Gasteiger partial charge in [0.15, 0.2) is 0 Å². The van der Waals surface area contributed by atoms with E-state index in [0.717, 1.165) is 29.7 Å². The van der Waals surface area contributed by atoms with Crippen LogP contribution in [0, 0.1) is 0 Å². The third-order valence-corrected chi connectivity index (χ3v) is 6.47. The van der Waals surface area contributed by atoms with Gasteiger partial charge in [-0.25, -0.2) is 0 Å². The summed E-state index contributed by atoms with van der Waals surface area (Å²) in [6.45, 7) is 2.67. The van der Waals surface area contributed by atoms with Gasteiger partial charge >= 0.3 is 0 Å². The second-order valence-corrected chi connectivity index (χ2v) is 7.97. The van der Waals surface area contributed by atoms with Crippen LogP contribution >= 0.6 is 0 Å². The molecule has 1 spiro atoms. The molecule has 30 heavy (non-hydrogen) atoms. The molecule has 2 aromatic rings. The Morgan fingerprint density at radius 2 is 2.00 bits per heavy atom. The highest BCUT2D eigenvalue weighted by molar-refractivity contribution is 6.07. The van der Waals surface area contributed by atoms with Crippen molar-refractivity contribution >= 4 is 17.5 Å². The van der Waals surface area contributed by atoms with Crippen molar-refractivity contribution in [1.29, 1.82) is 0 Å². The summed E-state index contributed by atoms with van der Waals surface area (Å²) in [5, 5.41) is 3.05. The van der Waals surface area contributed by atoms with Gasteiger partial charge in [-0.05, 0) is 30.5 Å². The lowest BCUT2D eigenvalue weighted by atomic mass is 9.73. The molecule has 2 atom stereocenters. The molecular weight excluding hydrogens is 380 g/mol. The number of anilines is 1. The van der Waals surface area contributed by atoms with Crippen LogP contribution < -0.4 is 14.8 Å². The summed E-state index contributed by atoms with van der Waals surface area (Å²) in [5.74, 6) is 1.35. The molecule has 0 unspecified atom stereocenters. The number of hydrogen-bond donors (Lipinski definition) is 1. The number of nitrogens with one attached hydrogen (secondary N) is 1. The predicted molar refractivity (Wildman–Crippen MR) is 115 cm³/mol. The summed E-state index contributed by atoms with van der Waals surface area (Å²) in [6, 6.07) is 13.2. The highest BCUT2D eigenvalue weighted by Gasteiger charge is 2.58. The van der Waals surface area contributed by atoms with Crippen LogP contribution in [-0.2, 0) is 21.4 Å². The molecule has 0 bridgehead atoms. The number of nitrogens with zero attached hydrogens (tertiary/aromatic N) is 1. The number of amides is 2. The molecule has 2 heterocycles. The minimum Gasteiger partial charge on any atom is -0.497 e. The molecular formula is C24H28N2O4. The summed E-state index contributed by atoms with van der Waals surface area (Å²) in [6.07, 6.45) is 2.56. The van der Waals surface area contributed by atoms with Gasteiger partial charge in [0.1, 0.15) is 11.5 Å². The van der Waals surface area contributed by atoms with Gasteiger partial charge in [0.2, 0.25) is 11.8 Å². The van der Waals surface area contributed by atoms with Crippen LogP contribution in [0.3, 0.4) is 0 Å². The number of methoxy groups -OCH3 is 2. The fourth-order valence-corrected chi connectivity index (χ4v) is 5.04. The van der Waals surface area contributed by atoms with Crippen LogP contribution in [-0.4, -0.2) is 43.5 Å². The van der Waals surface area contributed by atoms with Gasteiger partial charge in [-0.3, -0.25) is 9.59 Å². The van der Waals surface area contributed by atoms with Crippen LogP contribution in [0.4, 0.5) is 5.69 Å². The third kappa shape index (κ3) is 3.11. The molecule has 4 rings (SSSR count). The molecule has 2 amide bonds. The Hall–Kier alpha value is -3.02. The zero-order valence-corrected chi connectivity index (χ0v) is 17.7. The zero-order chi connectivity index (χ0) is 21.3. The Labute approximate surface area is 177 Å². The first-order valence-corrected chi connectivity index (χ1v) is 10.5. The van der Waals surface area contributed by atoms with E-state index in [2.05, 4.69) is 12.2 Å². The summed E-state index contributed by atoms with van der Waals surface area (Å²) in [4.78, 5) is 28.5. The van der Waals surface area contributed by atoms with Crippen molar-refractivity contribution in [2.24, 2.45) is 0 Å². The number of ether oxygens (including phenoxy) is 2. The van der Waals surface area contributed by atoms with Gasteiger partial charge in [0, 0.05) is 23.9 Å². The van der Waals surface area contributed by atoms with E-state index in [9.17, 15) is 9.59 Å². The third-order valence-electron chi connectivity index (χ3n) is 6.47. The second kappa shape index (κ2) is 8.01. The first-order chi connectivity index (χ1) is 14.5. The normalized spacial score (nSPS) is 22.2. The Morgan fingerprint density at radius 1 is 1.20 bits per heavy atom. The molecule has 6 nitrogen and oxygen atoms in total. The minimum absolute atomic E-state index is 0.0134. The zero-order valence-electron chi connectivity index (χ0n) is 17.7. The monoisotopic (exact) mass is 408 g/mol. The Bertz CT molecular complexity index is 973. The number of fused-ring (bicyclic) bond motifs is 2. The van der Waals surface area contributed by atoms with Gasteiger partial charge in [-0.1, -0.05) is 37.6 Å². The molecule has 0 saturated carbocycles. The average molecular weight is 408 g/mol. The van der Waals surface area contributed by atoms with Crippen molar-refractivity contribution < 1.29 is 19.1 Å². The van der Waals surface area contributed by atoms with Gasteiger partial charge < -0.3 is 19.7 Å². The number of likely N-dealkylation sites (tertiary alicyclic amines) is 1. The van der Waals surface area contributed by atoms with E-state index in [4.69, 9.17) is 9.47 Å².